The predicted molar refractivity (Wildman–Crippen MR) is 82.9 cm³/mol. The summed E-state index contributed by atoms with van der Waals surface area (Å²) in [5.74, 6) is -0.178. The molecular formula is C17H30FN. The molecule has 110 valence electrons. The summed E-state index contributed by atoms with van der Waals surface area (Å²) in [5.41, 5.74) is 0. The van der Waals surface area contributed by atoms with Crippen LogP contribution in [0.15, 0.2) is 30.3 Å². The van der Waals surface area contributed by atoms with Crippen LogP contribution < -0.4 is 0 Å². The van der Waals surface area contributed by atoms with Gasteiger partial charge in [0.2, 0.25) is 0 Å². The van der Waals surface area contributed by atoms with Crippen LogP contribution in [0.2, 0.25) is 0 Å². The molecule has 0 aromatic heterocycles. The van der Waals surface area contributed by atoms with Gasteiger partial charge in [0.1, 0.15) is 5.82 Å². The van der Waals surface area contributed by atoms with Crippen LogP contribution in [0, 0.1) is 5.82 Å². The highest BCUT2D eigenvalue weighted by Crippen LogP contribution is 1.99. The van der Waals surface area contributed by atoms with Crippen molar-refractivity contribution in [2.45, 2.75) is 52.9 Å². The van der Waals surface area contributed by atoms with E-state index in [0.717, 1.165) is 0 Å². The first-order chi connectivity index (χ1) is 9.24. The van der Waals surface area contributed by atoms with Crippen molar-refractivity contribution in [2.75, 3.05) is 19.6 Å². The maximum atomic E-state index is 11.9. The van der Waals surface area contributed by atoms with Crippen LogP contribution in [0.25, 0.3) is 0 Å². The summed E-state index contributed by atoms with van der Waals surface area (Å²) in [5, 5.41) is 0. The fourth-order valence-corrected chi connectivity index (χ4v) is 1.83. The van der Waals surface area contributed by atoms with Gasteiger partial charge in [0.05, 0.1) is 0 Å². The molecule has 0 aliphatic heterocycles. The Morgan fingerprint density at radius 2 is 1.32 bits per heavy atom. The van der Waals surface area contributed by atoms with Gasteiger partial charge in [-0.25, -0.2) is 4.39 Å². The first kappa shape index (κ1) is 18.1. The summed E-state index contributed by atoms with van der Waals surface area (Å²) in [6.45, 7) is 10.7. The second-order valence-electron chi connectivity index (χ2n) is 4.84. The van der Waals surface area contributed by atoms with E-state index in [-0.39, 0.29) is 5.82 Å². The number of hydrogen-bond donors (Lipinski definition) is 0. The lowest BCUT2D eigenvalue weighted by Crippen LogP contribution is -2.26. The molecule has 0 bridgehead atoms. The molecule has 19 heavy (non-hydrogen) atoms. The largest absolute Gasteiger partial charge is 0.303 e. The molecule has 0 aliphatic rings. The van der Waals surface area contributed by atoms with Gasteiger partial charge in [0.25, 0.3) is 0 Å². The highest BCUT2D eigenvalue weighted by atomic mass is 19.1. The van der Waals surface area contributed by atoms with Crippen molar-refractivity contribution >= 4 is 0 Å². The first-order valence-electron chi connectivity index (χ1n) is 7.67. The standard InChI is InChI=1S/C11H25N.C6H5F/c1-4-7-10-12(9-6-3)11-8-5-2;7-6-4-2-1-3-5-6/h4-11H2,1-3H3;1-5H. The van der Waals surface area contributed by atoms with Crippen molar-refractivity contribution < 1.29 is 4.39 Å². The van der Waals surface area contributed by atoms with Crippen LogP contribution in [0.5, 0.6) is 0 Å². The van der Waals surface area contributed by atoms with Crippen LogP contribution in [-0.4, -0.2) is 24.5 Å². The summed E-state index contributed by atoms with van der Waals surface area (Å²) in [6, 6.07) is 7.94. The quantitative estimate of drug-likeness (QED) is 0.631. The van der Waals surface area contributed by atoms with Gasteiger partial charge in [-0.15, -0.1) is 0 Å². The van der Waals surface area contributed by atoms with Crippen molar-refractivity contribution in [3.63, 3.8) is 0 Å². The molecule has 0 saturated heterocycles. The average molecular weight is 267 g/mol. The molecule has 1 rings (SSSR count). The Morgan fingerprint density at radius 3 is 1.63 bits per heavy atom. The molecule has 0 spiro atoms. The normalized spacial score (nSPS) is 10.2. The Balaban J connectivity index is 0.000000388. The van der Waals surface area contributed by atoms with Crippen molar-refractivity contribution in [1.29, 1.82) is 0 Å². The Bertz CT molecular complexity index is 266. The fourth-order valence-electron chi connectivity index (χ4n) is 1.83. The maximum Gasteiger partial charge on any atom is 0.123 e. The zero-order chi connectivity index (χ0) is 14.3. The van der Waals surface area contributed by atoms with E-state index in [2.05, 4.69) is 25.7 Å². The molecule has 0 saturated carbocycles. The van der Waals surface area contributed by atoms with E-state index in [4.69, 9.17) is 0 Å². The minimum atomic E-state index is -0.178. The minimum absolute atomic E-state index is 0.178. The Morgan fingerprint density at radius 1 is 0.789 bits per heavy atom. The van der Waals surface area contributed by atoms with Crippen LogP contribution in [0.3, 0.4) is 0 Å². The SMILES string of the molecule is CCCCN(CCC)CCCC.Fc1ccccc1. The number of nitrogens with zero attached hydrogens (tertiary/aromatic N) is 1. The molecule has 0 unspecified atom stereocenters. The van der Waals surface area contributed by atoms with E-state index in [1.54, 1.807) is 18.2 Å². The second-order valence-corrected chi connectivity index (χ2v) is 4.84. The monoisotopic (exact) mass is 267 g/mol. The molecule has 1 aromatic carbocycles. The van der Waals surface area contributed by atoms with E-state index >= 15 is 0 Å². The number of unbranched alkanes of at least 4 members (excludes halogenated alkanes) is 2. The first-order valence-corrected chi connectivity index (χ1v) is 7.67. The lowest BCUT2D eigenvalue weighted by molar-refractivity contribution is 0.266. The van der Waals surface area contributed by atoms with Gasteiger partial charge < -0.3 is 4.90 Å². The van der Waals surface area contributed by atoms with E-state index in [9.17, 15) is 4.39 Å². The molecule has 0 N–H and O–H groups in total. The summed E-state index contributed by atoms with van der Waals surface area (Å²) in [6.07, 6.45) is 6.68. The summed E-state index contributed by atoms with van der Waals surface area (Å²) < 4.78 is 11.9. The third-order valence-corrected chi connectivity index (χ3v) is 2.93. The van der Waals surface area contributed by atoms with Gasteiger partial charge >= 0.3 is 0 Å². The third kappa shape index (κ3) is 11.9. The van der Waals surface area contributed by atoms with Gasteiger partial charge in [0.15, 0.2) is 0 Å². The number of benzene rings is 1. The van der Waals surface area contributed by atoms with E-state index in [1.165, 1.54) is 63.9 Å². The van der Waals surface area contributed by atoms with E-state index in [0.29, 0.717) is 0 Å². The van der Waals surface area contributed by atoms with Gasteiger partial charge in [-0.2, -0.15) is 0 Å². The number of hydrogen-bond acceptors (Lipinski definition) is 1. The predicted octanol–water partition coefficient (Wildman–Crippen LogP) is 5.12. The minimum Gasteiger partial charge on any atom is -0.303 e. The lowest BCUT2D eigenvalue weighted by atomic mass is 10.2. The molecule has 0 aliphatic carbocycles. The van der Waals surface area contributed by atoms with Crippen molar-refractivity contribution in [1.82, 2.24) is 4.90 Å². The van der Waals surface area contributed by atoms with Crippen molar-refractivity contribution in [3.05, 3.63) is 36.1 Å². The highest BCUT2D eigenvalue weighted by molar-refractivity contribution is 5.02. The van der Waals surface area contributed by atoms with Crippen molar-refractivity contribution in [2.24, 2.45) is 0 Å². The fraction of sp³-hybridized carbons (Fsp3) is 0.647. The average Bonchev–Trinajstić information content (AvgIpc) is 2.43. The van der Waals surface area contributed by atoms with Crippen LogP contribution >= 0.6 is 0 Å². The Labute approximate surface area is 118 Å². The van der Waals surface area contributed by atoms with E-state index in [1.807, 2.05) is 0 Å². The molecular weight excluding hydrogens is 237 g/mol. The zero-order valence-electron chi connectivity index (χ0n) is 12.9. The van der Waals surface area contributed by atoms with Crippen LogP contribution in [0.1, 0.15) is 52.9 Å². The molecule has 0 heterocycles. The molecule has 0 atom stereocenters. The number of halogens is 1. The smallest absolute Gasteiger partial charge is 0.123 e. The summed E-state index contributed by atoms with van der Waals surface area (Å²) in [7, 11) is 0. The Kier molecular flexibility index (Phi) is 12.9. The van der Waals surface area contributed by atoms with E-state index < -0.39 is 0 Å². The number of rotatable bonds is 8. The third-order valence-electron chi connectivity index (χ3n) is 2.93. The molecule has 0 amide bonds. The zero-order valence-corrected chi connectivity index (χ0v) is 12.9. The summed E-state index contributed by atoms with van der Waals surface area (Å²) >= 11 is 0. The second kappa shape index (κ2) is 13.5. The molecule has 0 radical (unpaired) electrons. The lowest BCUT2D eigenvalue weighted by Gasteiger charge is -2.20. The Hall–Kier alpha value is -0.890. The van der Waals surface area contributed by atoms with Crippen molar-refractivity contribution in [3.8, 4) is 0 Å². The molecule has 1 nitrogen and oxygen atoms in total. The van der Waals surface area contributed by atoms with Gasteiger partial charge in [0, 0.05) is 0 Å². The van der Waals surface area contributed by atoms with Crippen LogP contribution in [0.4, 0.5) is 4.39 Å². The van der Waals surface area contributed by atoms with Gasteiger partial charge in [-0.3, -0.25) is 0 Å². The molecule has 1 aromatic rings. The van der Waals surface area contributed by atoms with Crippen LogP contribution in [-0.2, 0) is 0 Å². The molecule has 2 heteroatoms. The van der Waals surface area contributed by atoms with Gasteiger partial charge in [-0.1, -0.05) is 51.8 Å². The maximum absolute atomic E-state index is 11.9. The topological polar surface area (TPSA) is 3.24 Å². The highest BCUT2D eigenvalue weighted by Gasteiger charge is 2.00. The summed E-state index contributed by atoms with van der Waals surface area (Å²) in [4.78, 5) is 2.60. The van der Waals surface area contributed by atoms with Gasteiger partial charge in [-0.05, 0) is 51.0 Å². The molecule has 0 fully saturated rings.